The Morgan fingerprint density at radius 1 is 1.20 bits per heavy atom. The summed E-state index contributed by atoms with van der Waals surface area (Å²) in [5.74, 6) is -2.93. The lowest BCUT2D eigenvalue weighted by Gasteiger charge is -2.07. The molecule has 0 spiro atoms. The van der Waals surface area contributed by atoms with Crippen LogP contribution in [0.4, 0.5) is 4.39 Å². The SMILES string of the molecule is CC(=O)NCCCNC(=O)c1ccc(C(=O)O)cc1F. The van der Waals surface area contributed by atoms with Crippen LogP contribution in [-0.4, -0.2) is 36.0 Å². The van der Waals surface area contributed by atoms with Gasteiger partial charge in [0.1, 0.15) is 5.82 Å². The number of amides is 2. The maximum absolute atomic E-state index is 13.6. The Balaban J connectivity index is 2.51. The Labute approximate surface area is 115 Å². The van der Waals surface area contributed by atoms with Crippen LogP contribution < -0.4 is 10.6 Å². The summed E-state index contributed by atoms with van der Waals surface area (Å²) in [5.41, 5.74) is -0.431. The van der Waals surface area contributed by atoms with E-state index >= 15 is 0 Å². The molecule has 1 rings (SSSR count). The summed E-state index contributed by atoms with van der Waals surface area (Å²) in [6.07, 6.45) is 0.514. The van der Waals surface area contributed by atoms with E-state index in [1.807, 2.05) is 0 Å². The van der Waals surface area contributed by atoms with Gasteiger partial charge in [0.05, 0.1) is 11.1 Å². The molecule has 0 atom stereocenters. The van der Waals surface area contributed by atoms with Crippen molar-refractivity contribution in [3.63, 3.8) is 0 Å². The first-order chi connectivity index (χ1) is 9.41. The molecular formula is C13H15FN2O4. The first-order valence-corrected chi connectivity index (χ1v) is 5.97. The fourth-order valence-electron chi connectivity index (χ4n) is 1.48. The van der Waals surface area contributed by atoms with E-state index < -0.39 is 17.7 Å². The van der Waals surface area contributed by atoms with Crippen molar-refractivity contribution in [2.24, 2.45) is 0 Å². The van der Waals surface area contributed by atoms with E-state index in [1.165, 1.54) is 6.92 Å². The van der Waals surface area contributed by atoms with Crippen LogP contribution in [0.15, 0.2) is 18.2 Å². The van der Waals surface area contributed by atoms with E-state index in [0.29, 0.717) is 13.0 Å². The number of aromatic carboxylic acids is 1. The number of halogens is 1. The number of carbonyl (C=O) groups is 3. The molecule has 0 bridgehead atoms. The number of carbonyl (C=O) groups excluding carboxylic acids is 2. The second-order valence-corrected chi connectivity index (χ2v) is 4.09. The molecule has 0 saturated carbocycles. The summed E-state index contributed by atoms with van der Waals surface area (Å²) < 4.78 is 13.6. The first-order valence-electron chi connectivity index (χ1n) is 5.97. The Kier molecular flexibility index (Phi) is 5.64. The van der Waals surface area contributed by atoms with Gasteiger partial charge in [-0.25, -0.2) is 9.18 Å². The lowest BCUT2D eigenvalue weighted by molar-refractivity contribution is -0.118. The average Bonchev–Trinajstić information content (AvgIpc) is 2.37. The number of carboxylic acid groups (broad SMARTS) is 1. The normalized spacial score (nSPS) is 9.90. The van der Waals surface area contributed by atoms with Crippen LogP contribution in [0.1, 0.15) is 34.1 Å². The standard InChI is InChI=1S/C13H15FN2O4/c1-8(17)15-5-2-6-16-12(18)10-4-3-9(13(19)20)7-11(10)14/h3-4,7H,2,5-6H2,1H3,(H,15,17)(H,16,18)(H,19,20). The molecule has 0 saturated heterocycles. The van der Waals surface area contributed by atoms with Crippen LogP contribution in [0.2, 0.25) is 0 Å². The summed E-state index contributed by atoms with van der Waals surface area (Å²) in [5, 5.41) is 13.7. The molecule has 6 nitrogen and oxygen atoms in total. The monoisotopic (exact) mass is 282 g/mol. The Morgan fingerprint density at radius 2 is 1.85 bits per heavy atom. The van der Waals surface area contributed by atoms with Crippen molar-refractivity contribution < 1.29 is 23.9 Å². The molecule has 0 aromatic heterocycles. The van der Waals surface area contributed by atoms with Gasteiger partial charge >= 0.3 is 5.97 Å². The van der Waals surface area contributed by atoms with Crippen LogP contribution in [0.25, 0.3) is 0 Å². The van der Waals surface area contributed by atoms with Crippen LogP contribution >= 0.6 is 0 Å². The third-order valence-corrected chi connectivity index (χ3v) is 2.47. The highest BCUT2D eigenvalue weighted by atomic mass is 19.1. The molecule has 0 aliphatic carbocycles. The molecule has 7 heteroatoms. The van der Waals surface area contributed by atoms with Gasteiger partial charge in [-0.15, -0.1) is 0 Å². The zero-order chi connectivity index (χ0) is 15.1. The minimum Gasteiger partial charge on any atom is -0.478 e. The maximum atomic E-state index is 13.6. The summed E-state index contributed by atoms with van der Waals surface area (Å²) in [7, 11) is 0. The lowest BCUT2D eigenvalue weighted by atomic mass is 10.1. The second kappa shape index (κ2) is 7.22. The molecule has 0 radical (unpaired) electrons. The number of benzene rings is 1. The largest absolute Gasteiger partial charge is 0.478 e. The van der Waals surface area contributed by atoms with Crippen LogP contribution in [-0.2, 0) is 4.79 Å². The van der Waals surface area contributed by atoms with Gasteiger partial charge in [-0.05, 0) is 24.6 Å². The molecule has 2 amide bonds. The summed E-state index contributed by atoms with van der Waals surface area (Å²) in [6.45, 7) is 2.08. The zero-order valence-electron chi connectivity index (χ0n) is 10.9. The van der Waals surface area contributed by atoms with Crippen LogP contribution in [0, 0.1) is 5.82 Å². The third-order valence-electron chi connectivity index (χ3n) is 2.47. The van der Waals surface area contributed by atoms with Gasteiger partial charge in [-0.2, -0.15) is 0 Å². The average molecular weight is 282 g/mol. The van der Waals surface area contributed by atoms with Crippen LogP contribution in [0.5, 0.6) is 0 Å². The van der Waals surface area contributed by atoms with Gasteiger partial charge < -0.3 is 15.7 Å². The Morgan fingerprint density at radius 3 is 2.40 bits per heavy atom. The smallest absolute Gasteiger partial charge is 0.335 e. The number of hydrogen-bond acceptors (Lipinski definition) is 3. The minimum absolute atomic E-state index is 0.161. The Hall–Kier alpha value is -2.44. The summed E-state index contributed by atoms with van der Waals surface area (Å²) in [4.78, 5) is 32.9. The molecule has 1 aromatic carbocycles. The van der Waals surface area contributed by atoms with Gasteiger partial charge in [0, 0.05) is 20.0 Å². The quantitative estimate of drug-likeness (QED) is 0.672. The molecule has 0 fully saturated rings. The van der Waals surface area contributed by atoms with E-state index in [4.69, 9.17) is 5.11 Å². The number of rotatable bonds is 6. The van der Waals surface area contributed by atoms with Crippen molar-refractivity contribution in [2.75, 3.05) is 13.1 Å². The highest BCUT2D eigenvalue weighted by Gasteiger charge is 2.13. The van der Waals surface area contributed by atoms with Crippen molar-refractivity contribution in [3.05, 3.63) is 35.1 Å². The Bertz CT molecular complexity index is 531. The molecule has 108 valence electrons. The molecule has 0 heterocycles. The molecule has 0 aliphatic heterocycles. The molecule has 3 N–H and O–H groups in total. The highest BCUT2D eigenvalue weighted by Crippen LogP contribution is 2.10. The van der Waals surface area contributed by atoms with Crippen molar-refractivity contribution in [1.82, 2.24) is 10.6 Å². The zero-order valence-corrected chi connectivity index (χ0v) is 10.9. The topological polar surface area (TPSA) is 95.5 Å². The molecule has 20 heavy (non-hydrogen) atoms. The van der Waals surface area contributed by atoms with Crippen LogP contribution in [0.3, 0.4) is 0 Å². The van der Waals surface area contributed by atoms with Gasteiger partial charge in [-0.1, -0.05) is 0 Å². The lowest BCUT2D eigenvalue weighted by Crippen LogP contribution is -2.29. The van der Waals surface area contributed by atoms with Crippen molar-refractivity contribution >= 4 is 17.8 Å². The molecule has 1 aromatic rings. The fraction of sp³-hybridized carbons (Fsp3) is 0.308. The van der Waals surface area contributed by atoms with E-state index in [0.717, 1.165) is 18.2 Å². The van der Waals surface area contributed by atoms with Gasteiger partial charge in [-0.3, -0.25) is 9.59 Å². The van der Waals surface area contributed by atoms with E-state index in [2.05, 4.69) is 10.6 Å². The van der Waals surface area contributed by atoms with Crippen molar-refractivity contribution in [1.29, 1.82) is 0 Å². The van der Waals surface area contributed by atoms with Gasteiger partial charge in [0.25, 0.3) is 5.91 Å². The van der Waals surface area contributed by atoms with E-state index in [1.54, 1.807) is 0 Å². The number of carboxylic acids is 1. The van der Waals surface area contributed by atoms with Gasteiger partial charge in [0.2, 0.25) is 5.91 Å². The summed E-state index contributed by atoms with van der Waals surface area (Å²) in [6, 6.07) is 3.09. The van der Waals surface area contributed by atoms with Gasteiger partial charge in [0.15, 0.2) is 0 Å². The van der Waals surface area contributed by atoms with Crippen molar-refractivity contribution in [3.8, 4) is 0 Å². The predicted molar refractivity (Wildman–Crippen MR) is 69.0 cm³/mol. The molecule has 0 aliphatic rings. The van der Waals surface area contributed by atoms with E-state index in [-0.39, 0.29) is 23.6 Å². The fourth-order valence-corrected chi connectivity index (χ4v) is 1.48. The predicted octanol–water partition coefficient (Wildman–Crippen LogP) is 0.780. The highest BCUT2D eigenvalue weighted by molar-refractivity contribution is 5.96. The maximum Gasteiger partial charge on any atom is 0.335 e. The second-order valence-electron chi connectivity index (χ2n) is 4.09. The minimum atomic E-state index is -1.26. The number of hydrogen-bond donors (Lipinski definition) is 3. The number of nitrogens with one attached hydrogen (secondary N) is 2. The first kappa shape index (κ1) is 15.6. The third kappa shape index (κ3) is 4.68. The molecular weight excluding hydrogens is 267 g/mol. The molecule has 0 unspecified atom stereocenters. The van der Waals surface area contributed by atoms with E-state index in [9.17, 15) is 18.8 Å². The summed E-state index contributed by atoms with van der Waals surface area (Å²) >= 11 is 0. The van der Waals surface area contributed by atoms with Crippen molar-refractivity contribution in [2.45, 2.75) is 13.3 Å².